The molecule has 0 fully saturated rings. The Morgan fingerprint density at radius 2 is 2.10 bits per heavy atom. The summed E-state index contributed by atoms with van der Waals surface area (Å²) in [5.74, 6) is 0.325. The molecule has 1 aromatic carbocycles. The summed E-state index contributed by atoms with van der Waals surface area (Å²) >= 11 is 5.85. The van der Waals surface area contributed by atoms with E-state index in [2.05, 4.69) is 20.1 Å². The molecule has 0 radical (unpaired) electrons. The maximum absolute atomic E-state index is 13.1. The Morgan fingerprint density at radius 1 is 1.24 bits per heavy atom. The molecule has 8 heteroatoms. The van der Waals surface area contributed by atoms with Crippen LogP contribution in [0, 0.1) is 12.7 Å². The van der Waals surface area contributed by atoms with E-state index in [0.29, 0.717) is 11.3 Å². The lowest BCUT2D eigenvalue weighted by Gasteiger charge is -2.08. The van der Waals surface area contributed by atoms with Crippen molar-refractivity contribution in [3.63, 3.8) is 0 Å². The molecule has 0 aliphatic heterocycles. The number of rotatable bonds is 3. The molecule has 0 aliphatic carbocycles. The van der Waals surface area contributed by atoms with Crippen molar-refractivity contribution in [1.82, 2.24) is 24.7 Å². The topological polar surface area (TPSA) is 65.7 Å². The molecule has 0 amide bonds. The quantitative estimate of drug-likeness (QED) is 0.744. The van der Waals surface area contributed by atoms with Gasteiger partial charge in [-0.1, -0.05) is 0 Å². The number of aromatic nitrogens is 5. The average molecular weight is 306 g/mol. The molecule has 2 heterocycles. The van der Waals surface area contributed by atoms with E-state index >= 15 is 0 Å². The van der Waals surface area contributed by atoms with Crippen LogP contribution in [0.5, 0.6) is 11.8 Å². The number of nitrogens with zero attached hydrogens (tertiary/aromatic N) is 5. The van der Waals surface area contributed by atoms with Crippen molar-refractivity contribution in [3.8, 4) is 17.7 Å². The molecule has 106 valence electrons. The van der Waals surface area contributed by atoms with E-state index in [0.717, 1.165) is 0 Å². The molecular weight excluding hydrogens is 297 g/mol. The Hall–Kier alpha value is -2.54. The SMILES string of the molecule is Cc1cc(F)ccc1Oc1nc(Cl)nc(-n2cccn2)n1. The summed E-state index contributed by atoms with van der Waals surface area (Å²) in [5.41, 5.74) is 0.618. The molecule has 3 rings (SSSR count). The maximum Gasteiger partial charge on any atom is 0.328 e. The predicted molar refractivity (Wildman–Crippen MR) is 73.2 cm³/mol. The van der Waals surface area contributed by atoms with E-state index in [4.69, 9.17) is 16.3 Å². The van der Waals surface area contributed by atoms with Crippen LogP contribution >= 0.6 is 11.6 Å². The summed E-state index contributed by atoms with van der Waals surface area (Å²) in [6.07, 6.45) is 3.25. The van der Waals surface area contributed by atoms with Gasteiger partial charge in [0, 0.05) is 12.4 Å². The van der Waals surface area contributed by atoms with Gasteiger partial charge in [0.05, 0.1) is 0 Å². The molecule has 0 saturated carbocycles. The van der Waals surface area contributed by atoms with Crippen LogP contribution in [0.2, 0.25) is 5.28 Å². The normalized spacial score (nSPS) is 10.6. The van der Waals surface area contributed by atoms with Crippen LogP contribution in [0.15, 0.2) is 36.7 Å². The fourth-order valence-electron chi connectivity index (χ4n) is 1.68. The van der Waals surface area contributed by atoms with E-state index in [1.165, 1.54) is 22.9 Å². The lowest BCUT2D eigenvalue weighted by atomic mass is 10.2. The van der Waals surface area contributed by atoms with Gasteiger partial charge in [-0.3, -0.25) is 0 Å². The molecule has 3 aromatic rings. The second kappa shape index (κ2) is 5.45. The van der Waals surface area contributed by atoms with Gasteiger partial charge in [0.25, 0.3) is 5.95 Å². The molecule has 0 bridgehead atoms. The van der Waals surface area contributed by atoms with Gasteiger partial charge >= 0.3 is 6.01 Å². The number of aryl methyl sites for hydroxylation is 1. The Morgan fingerprint density at radius 3 is 2.81 bits per heavy atom. The van der Waals surface area contributed by atoms with Gasteiger partial charge in [-0.25, -0.2) is 9.07 Å². The summed E-state index contributed by atoms with van der Waals surface area (Å²) in [7, 11) is 0. The highest BCUT2D eigenvalue weighted by atomic mass is 35.5. The van der Waals surface area contributed by atoms with E-state index in [1.54, 1.807) is 25.4 Å². The average Bonchev–Trinajstić information content (AvgIpc) is 2.95. The van der Waals surface area contributed by atoms with Crippen LogP contribution in [0.4, 0.5) is 4.39 Å². The van der Waals surface area contributed by atoms with Gasteiger partial charge in [-0.05, 0) is 48.4 Å². The largest absolute Gasteiger partial charge is 0.424 e. The first kappa shape index (κ1) is 13.4. The third-order valence-electron chi connectivity index (χ3n) is 2.62. The van der Waals surface area contributed by atoms with E-state index in [-0.39, 0.29) is 23.1 Å². The number of halogens is 2. The Labute approximate surface area is 124 Å². The van der Waals surface area contributed by atoms with Gasteiger partial charge in [0.15, 0.2) is 0 Å². The minimum absolute atomic E-state index is 0.00945. The van der Waals surface area contributed by atoms with Gasteiger partial charge in [0.1, 0.15) is 11.6 Å². The molecular formula is C13H9ClFN5O. The Bertz CT molecular complexity index is 778. The number of benzene rings is 1. The standard InChI is InChI=1S/C13H9ClFN5O/c1-8-7-9(15)3-4-10(8)21-13-18-11(14)17-12(19-13)20-6-2-5-16-20/h2-7H,1H3. The summed E-state index contributed by atoms with van der Waals surface area (Å²) in [6, 6.07) is 5.87. The van der Waals surface area contributed by atoms with Crippen molar-refractivity contribution >= 4 is 11.6 Å². The van der Waals surface area contributed by atoms with Crippen LogP contribution in [0.3, 0.4) is 0 Å². The molecule has 21 heavy (non-hydrogen) atoms. The first-order valence-electron chi connectivity index (χ1n) is 5.97. The van der Waals surface area contributed by atoms with Gasteiger partial charge in [-0.2, -0.15) is 20.1 Å². The molecule has 0 unspecified atom stereocenters. The summed E-state index contributed by atoms with van der Waals surface area (Å²) < 4.78 is 20.0. The van der Waals surface area contributed by atoms with E-state index in [1.807, 2.05) is 0 Å². The molecule has 0 saturated heterocycles. The summed E-state index contributed by atoms with van der Waals surface area (Å²) in [5, 5.41) is 3.98. The monoisotopic (exact) mass is 305 g/mol. The van der Waals surface area contributed by atoms with Gasteiger partial charge in [0.2, 0.25) is 5.28 Å². The first-order chi connectivity index (χ1) is 10.1. The molecule has 2 aromatic heterocycles. The highest BCUT2D eigenvalue weighted by Gasteiger charge is 2.10. The van der Waals surface area contributed by atoms with Gasteiger partial charge in [-0.15, -0.1) is 0 Å². The molecule has 6 nitrogen and oxygen atoms in total. The third kappa shape index (κ3) is 2.97. The number of ether oxygens (including phenoxy) is 1. The first-order valence-corrected chi connectivity index (χ1v) is 6.35. The van der Waals surface area contributed by atoms with Crippen molar-refractivity contribution in [3.05, 3.63) is 53.3 Å². The second-order valence-corrected chi connectivity index (χ2v) is 4.49. The minimum atomic E-state index is -0.342. The van der Waals surface area contributed by atoms with Crippen molar-refractivity contribution in [2.75, 3.05) is 0 Å². The molecule has 0 spiro atoms. The van der Waals surface area contributed by atoms with Crippen molar-refractivity contribution < 1.29 is 9.13 Å². The lowest BCUT2D eigenvalue weighted by molar-refractivity contribution is 0.433. The van der Waals surface area contributed by atoms with Crippen molar-refractivity contribution in [2.45, 2.75) is 6.92 Å². The fraction of sp³-hybridized carbons (Fsp3) is 0.0769. The molecule has 0 N–H and O–H groups in total. The van der Waals surface area contributed by atoms with E-state index < -0.39 is 0 Å². The Kier molecular flexibility index (Phi) is 3.49. The number of hydrogen-bond acceptors (Lipinski definition) is 5. The highest BCUT2D eigenvalue weighted by Crippen LogP contribution is 2.24. The lowest BCUT2D eigenvalue weighted by Crippen LogP contribution is -2.05. The third-order valence-corrected chi connectivity index (χ3v) is 2.79. The smallest absolute Gasteiger partial charge is 0.328 e. The highest BCUT2D eigenvalue weighted by molar-refractivity contribution is 6.28. The van der Waals surface area contributed by atoms with Crippen LogP contribution in [-0.2, 0) is 0 Å². The van der Waals surface area contributed by atoms with Crippen LogP contribution in [0.1, 0.15) is 5.56 Å². The predicted octanol–water partition coefficient (Wildman–Crippen LogP) is 2.95. The second-order valence-electron chi connectivity index (χ2n) is 4.15. The fourth-order valence-corrected chi connectivity index (χ4v) is 1.83. The summed E-state index contributed by atoms with van der Waals surface area (Å²) in [6.45, 7) is 1.72. The zero-order chi connectivity index (χ0) is 14.8. The van der Waals surface area contributed by atoms with Crippen LogP contribution in [0.25, 0.3) is 5.95 Å². The molecule has 0 atom stereocenters. The van der Waals surface area contributed by atoms with Crippen LogP contribution < -0.4 is 4.74 Å². The summed E-state index contributed by atoms with van der Waals surface area (Å²) in [4.78, 5) is 12.0. The number of hydrogen-bond donors (Lipinski definition) is 0. The van der Waals surface area contributed by atoms with E-state index in [9.17, 15) is 4.39 Å². The van der Waals surface area contributed by atoms with Crippen LogP contribution in [-0.4, -0.2) is 24.7 Å². The zero-order valence-electron chi connectivity index (χ0n) is 10.9. The van der Waals surface area contributed by atoms with Crippen molar-refractivity contribution in [1.29, 1.82) is 0 Å². The minimum Gasteiger partial charge on any atom is -0.424 e. The maximum atomic E-state index is 13.1. The zero-order valence-corrected chi connectivity index (χ0v) is 11.6. The van der Waals surface area contributed by atoms with Gasteiger partial charge < -0.3 is 4.74 Å². The Balaban J connectivity index is 1.95. The van der Waals surface area contributed by atoms with Crippen molar-refractivity contribution in [2.24, 2.45) is 0 Å². The molecule has 0 aliphatic rings.